The van der Waals surface area contributed by atoms with Crippen molar-refractivity contribution in [3.05, 3.63) is 0 Å². The van der Waals surface area contributed by atoms with E-state index in [9.17, 15) is 4.79 Å². The van der Waals surface area contributed by atoms with Crippen LogP contribution in [0.2, 0.25) is 18.1 Å². The summed E-state index contributed by atoms with van der Waals surface area (Å²) in [4.78, 5) is 11.8. The molecule has 0 saturated heterocycles. The molecular weight excluding hydrogens is 228 g/mol. The second kappa shape index (κ2) is 4.50. The molecule has 1 saturated carbocycles. The third kappa shape index (κ3) is 3.00. The first kappa shape index (κ1) is 14.9. The number of hydrogen-bond acceptors (Lipinski definition) is 2. The first-order valence-electron chi connectivity index (χ1n) is 6.66. The van der Waals surface area contributed by atoms with Crippen molar-refractivity contribution >= 4 is 14.1 Å². The van der Waals surface area contributed by atoms with E-state index in [0.717, 1.165) is 19.4 Å². The fourth-order valence-corrected chi connectivity index (χ4v) is 3.08. The van der Waals surface area contributed by atoms with Crippen molar-refractivity contribution in [2.24, 2.45) is 11.3 Å². The summed E-state index contributed by atoms with van der Waals surface area (Å²) in [5.74, 6) is 0.811. The van der Waals surface area contributed by atoms with Crippen molar-refractivity contribution < 1.29 is 9.22 Å². The number of hydrogen-bond donors (Lipinski definition) is 0. The summed E-state index contributed by atoms with van der Waals surface area (Å²) < 4.78 is 6.25. The van der Waals surface area contributed by atoms with Gasteiger partial charge in [-0.25, -0.2) is 0 Å². The number of rotatable bonds is 3. The zero-order valence-electron chi connectivity index (χ0n) is 12.5. The van der Waals surface area contributed by atoms with Crippen LogP contribution in [0.5, 0.6) is 0 Å². The van der Waals surface area contributed by atoms with Crippen molar-refractivity contribution in [1.29, 1.82) is 0 Å². The molecule has 0 aromatic rings. The molecule has 0 aliphatic heterocycles. The van der Waals surface area contributed by atoms with Crippen LogP contribution >= 0.6 is 0 Å². The van der Waals surface area contributed by atoms with E-state index >= 15 is 0 Å². The van der Waals surface area contributed by atoms with E-state index in [4.69, 9.17) is 4.43 Å². The van der Waals surface area contributed by atoms with Crippen molar-refractivity contribution in [2.75, 3.05) is 6.61 Å². The molecule has 0 radical (unpaired) electrons. The maximum Gasteiger partial charge on any atom is 0.191 e. The van der Waals surface area contributed by atoms with Crippen LogP contribution in [0.1, 0.15) is 47.5 Å². The SMILES string of the molecule is CC1(C)C(=O)CCC1CO[Si](C)(C)C(C)(C)C. The summed E-state index contributed by atoms with van der Waals surface area (Å²) in [7, 11) is -1.67. The largest absolute Gasteiger partial charge is 0.417 e. The smallest absolute Gasteiger partial charge is 0.191 e. The molecule has 1 unspecified atom stereocenters. The Bertz CT molecular complexity index is 300. The third-order valence-corrected chi connectivity index (χ3v) is 9.41. The summed E-state index contributed by atoms with van der Waals surface area (Å²) in [5, 5.41) is 0.250. The predicted molar refractivity (Wildman–Crippen MR) is 74.7 cm³/mol. The summed E-state index contributed by atoms with van der Waals surface area (Å²) in [6.45, 7) is 16.2. The van der Waals surface area contributed by atoms with E-state index in [0.29, 0.717) is 11.7 Å². The first-order valence-corrected chi connectivity index (χ1v) is 9.56. The number of Topliss-reactive ketones (excluding diaryl/α,β-unsaturated/α-hetero) is 1. The standard InChI is InChI=1S/C14H28O2Si/c1-13(2,3)17(6,7)16-10-11-8-9-12(15)14(11,4)5/h11H,8-10H2,1-7H3. The maximum atomic E-state index is 11.8. The predicted octanol–water partition coefficient (Wildman–Crippen LogP) is 4.01. The Morgan fingerprint density at radius 2 is 1.88 bits per heavy atom. The van der Waals surface area contributed by atoms with Gasteiger partial charge in [-0.2, -0.15) is 0 Å². The summed E-state index contributed by atoms with van der Waals surface area (Å²) in [6, 6.07) is 0. The van der Waals surface area contributed by atoms with Gasteiger partial charge in [-0.3, -0.25) is 4.79 Å². The molecule has 1 atom stereocenters. The van der Waals surface area contributed by atoms with Gasteiger partial charge in [0.2, 0.25) is 0 Å². The number of carbonyl (C=O) groups is 1. The van der Waals surface area contributed by atoms with Gasteiger partial charge in [-0.05, 0) is 30.5 Å². The molecule has 0 aromatic carbocycles. The Morgan fingerprint density at radius 1 is 1.35 bits per heavy atom. The second-order valence-corrected chi connectivity index (χ2v) is 12.3. The molecule has 3 heteroatoms. The summed E-state index contributed by atoms with van der Waals surface area (Å²) >= 11 is 0. The van der Waals surface area contributed by atoms with Gasteiger partial charge >= 0.3 is 0 Å². The average Bonchev–Trinajstić information content (AvgIpc) is 2.38. The molecule has 1 aliphatic rings. The minimum absolute atomic E-state index is 0.178. The van der Waals surface area contributed by atoms with E-state index in [1.165, 1.54) is 0 Å². The molecule has 2 nitrogen and oxygen atoms in total. The van der Waals surface area contributed by atoms with E-state index in [2.05, 4.69) is 47.7 Å². The molecule has 1 aliphatic carbocycles. The Labute approximate surface area is 107 Å². The lowest BCUT2D eigenvalue weighted by Gasteiger charge is -2.38. The van der Waals surface area contributed by atoms with Gasteiger partial charge in [-0.1, -0.05) is 34.6 Å². The lowest BCUT2D eigenvalue weighted by Crippen LogP contribution is -2.43. The van der Waals surface area contributed by atoms with Crippen LogP contribution in [0.3, 0.4) is 0 Å². The minimum atomic E-state index is -1.67. The van der Waals surface area contributed by atoms with Crippen molar-refractivity contribution in [3.8, 4) is 0 Å². The van der Waals surface area contributed by atoms with Crippen molar-refractivity contribution in [1.82, 2.24) is 0 Å². The average molecular weight is 256 g/mol. The zero-order chi connectivity index (χ0) is 13.5. The van der Waals surface area contributed by atoms with Gasteiger partial charge in [0, 0.05) is 18.4 Å². The monoisotopic (exact) mass is 256 g/mol. The minimum Gasteiger partial charge on any atom is -0.417 e. The van der Waals surface area contributed by atoms with Gasteiger partial charge in [0.15, 0.2) is 8.32 Å². The summed E-state index contributed by atoms with van der Waals surface area (Å²) in [5.41, 5.74) is -0.178. The Morgan fingerprint density at radius 3 is 2.24 bits per heavy atom. The lowest BCUT2D eigenvalue weighted by atomic mass is 9.82. The number of ketones is 1. The molecule has 0 heterocycles. The van der Waals surface area contributed by atoms with Gasteiger partial charge in [-0.15, -0.1) is 0 Å². The zero-order valence-corrected chi connectivity index (χ0v) is 13.5. The molecule has 0 amide bonds. The van der Waals surface area contributed by atoms with Gasteiger partial charge in [0.05, 0.1) is 0 Å². The quantitative estimate of drug-likeness (QED) is 0.713. The number of carbonyl (C=O) groups excluding carboxylic acids is 1. The third-order valence-electron chi connectivity index (χ3n) is 4.91. The molecule has 100 valence electrons. The highest BCUT2D eigenvalue weighted by molar-refractivity contribution is 6.74. The van der Waals surface area contributed by atoms with Gasteiger partial charge in [0.1, 0.15) is 5.78 Å². The highest BCUT2D eigenvalue weighted by Gasteiger charge is 2.44. The van der Waals surface area contributed by atoms with Crippen LogP contribution < -0.4 is 0 Å². The molecule has 1 fully saturated rings. The summed E-state index contributed by atoms with van der Waals surface area (Å²) in [6.07, 6.45) is 1.74. The van der Waals surface area contributed by atoms with Crippen molar-refractivity contribution in [2.45, 2.75) is 65.6 Å². The van der Waals surface area contributed by atoms with Crippen LogP contribution in [0.15, 0.2) is 0 Å². The molecular formula is C14H28O2Si. The van der Waals surface area contributed by atoms with E-state index in [1.54, 1.807) is 0 Å². The lowest BCUT2D eigenvalue weighted by molar-refractivity contribution is -0.125. The highest BCUT2D eigenvalue weighted by atomic mass is 28.4. The van der Waals surface area contributed by atoms with Crippen molar-refractivity contribution in [3.63, 3.8) is 0 Å². The Balaban J connectivity index is 2.61. The Kier molecular flexibility index (Phi) is 3.95. The van der Waals surface area contributed by atoms with Crippen LogP contribution in [-0.2, 0) is 9.22 Å². The highest BCUT2D eigenvalue weighted by Crippen LogP contribution is 2.42. The van der Waals surface area contributed by atoms with Gasteiger partial charge < -0.3 is 4.43 Å². The fraction of sp³-hybridized carbons (Fsp3) is 0.929. The van der Waals surface area contributed by atoms with Crippen LogP contribution in [0.25, 0.3) is 0 Å². The molecule has 0 aromatic heterocycles. The molecule has 0 bridgehead atoms. The van der Waals surface area contributed by atoms with Crippen LogP contribution in [0, 0.1) is 11.3 Å². The van der Waals surface area contributed by atoms with Crippen LogP contribution in [-0.4, -0.2) is 20.7 Å². The second-order valence-electron chi connectivity index (χ2n) is 7.45. The van der Waals surface area contributed by atoms with E-state index < -0.39 is 8.32 Å². The normalized spacial score (nSPS) is 25.4. The molecule has 0 N–H and O–H groups in total. The van der Waals surface area contributed by atoms with E-state index in [-0.39, 0.29) is 10.5 Å². The van der Waals surface area contributed by atoms with Crippen LogP contribution in [0.4, 0.5) is 0 Å². The van der Waals surface area contributed by atoms with E-state index in [1.807, 2.05) is 0 Å². The van der Waals surface area contributed by atoms with Gasteiger partial charge in [0.25, 0.3) is 0 Å². The Hall–Kier alpha value is -0.153. The molecule has 1 rings (SSSR count). The molecule has 17 heavy (non-hydrogen) atoms. The molecule has 0 spiro atoms. The first-order chi connectivity index (χ1) is 7.48. The topological polar surface area (TPSA) is 26.3 Å². The maximum absolute atomic E-state index is 11.8. The fourth-order valence-electron chi connectivity index (χ4n) is 2.03.